The van der Waals surface area contributed by atoms with E-state index in [-0.39, 0.29) is 17.7 Å². The topological polar surface area (TPSA) is 106 Å². The van der Waals surface area contributed by atoms with Crippen LogP contribution < -0.4 is 10.5 Å². The van der Waals surface area contributed by atoms with E-state index < -0.39 is 33.8 Å². The monoisotopic (exact) mass is 450 g/mol. The van der Waals surface area contributed by atoms with Crippen LogP contribution in [-0.2, 0) is 26.0 Å². The van der Waals surface area contributed by atoms with Gasteiger partial charge in [-0.05, 0) is 36.1 Å². The number of ketones is 1. The number of nitrogens with two attached hydrogens (primary N) is 1. The van der Waals surface area contributed by atoms with Gasteiger partial charge in [-0.25, -0.2) is 13.1 Å². The number of sulfonamides is 1. The highest BCUT2D eigenvalue weighted by Crippen LogP contribution is 2.21. The Hall–Kier alpha value is -3.13. The van der Waals surface area contributed by atoms with Gasteiger partial charge in [-0.15, -0.1) is 0 Å². The molecule has 3 rings (SSSR count). The SMILES string of the molecule is NC(CC(C=O)C(=O)[C@H](Cc1ccccc1)NS(=O)(=O)c1ccccc1)c1ccccc1. The maximum absolute atomic E-state index is 13.3. The summed E-state index contributed by atoms with van der Waals surface area (Å²) in [7, 11) is -3.96. The maximum atomic E-state index is 13.3. The third-order valence-electron chi connectivity index (χ3n) is 5.24. The quantitative estimate of drug-likeness (QED) is 0.345. The smallest absolute Gasteiger partial charge is 0.241 e. The van der Waals surface area contributed by atoms with Crippen molar-refractivity contribution in [3.8, 4) is 0 Å². The standard InChI is InChI=1S/C25H26N2O4S/c26-23(20-12-6-2-7-13-20)17-21(18-28)25(29)24(16-19-10-4-1-5-11-19)27-32(30,31)22-14-8-3-9-15-22/h1-15,18,21,23-24,27H,16-17,26H2/t21?,23?,24-/m0/s1. The summed E-state index contributed by atoms with van der Waals surface area (Å²) >= 11 is 0. The molecule has 0 spiro atoms. The third-order valence-corrected chi connectivity index (χ3v) is 6.73. The van der Waals surface area contributed by atoms with Gasteiger partial charge < -0.3 is 10.5 Å². The first-order valence-electron chi connectivity index (χ1n) is 10.3. The summed E-state index contributed by atoms with van der Waals surface area (Å²) in [4.78, 5) is 25.2. The Balaban J connectivity index is 1.85. The van der Waals surface area contributed by atoms with Crippen molar-refractivity contribution in [3.63, 3.8) is 0 Å². The number of carbonyl (C=O) groups is 2. The molecule has 166 valence electrons. The molecule has 3 aromatic carbocycles. The molecule has 0 heterocycles. The van der Waals surface area contributed by atoms with Crippen LogP contribution in [0, 0.1) is 5.92 Å². The van der Waals surface area contributed by atoms with E-state index in [2.05, 4.69) is 4.72 Å². The molecular weight excluding hydrogens is 424 g/mol. The molecule has 0 aliphatic carbocycles. The Bertz CT molecular complexity index is 1120. The summed E-state index contributed by atoms with van der Waals surface area (Å²) in [6, 6.07) is 24.4. The van der Waals surface area contributed by atoms with Crippen LogP contribution >= 0.6 is 0 Å². The molecule has 0 radical (unpaired) electrons. The third kappa shape index (κ3) is 6.20. The minimum atomic E-state index is -3.96. The molecule has 2 unspecified atom stereocenters. The number of rotatable bonds is 11. The van der Waals surface area contributed by atoms with Crippen molar-refractivity contribution in [2.24, 2.45) is 11.7 Å². The number of aldehydes is 1. The molecule has 3 aromatic rings. The van der Waals surface area contributed by atoms with Crippen molar-refractivity contribution < 1.29 is 18.0 Å². The molecular formula is C25H26N2O4S. The van der Waals surface area contributed by atoms with Gasteiger partial charge in [0.1, 0.15) is 6.29 Å². The molecule has 7 heteroatoms. The fraction of sp³-hybridized carbons (Fsp3) is 0.200. The zero-order chi connectivity index (χ0) is 23.0. The highest BCUT2D eigenvalue weighted by Gasteiger charge is 2.32. The van der Waals surface area contributed by atoms with Gasteiger partial charge in [-0.1, -0.05) is 78.9 Å². The lowest BCUT2D eigenvalue weighted by Crippen LogP contribution is -2.45. The number of Topliss-reactive ketones (excluding diaryl/α,β-unsaturated/α-hetero) is 1. The summed E-state index contributed by atoms with van der Waals surface area (Å²) in [6.45, 7) is 0. The Morgan fingerprint density at radius 3 is 1.97 bits per heavy atom. The van der Waals surface area contributed by atoms with Gasteiger partial charge in [0, 0.05) is 6.04 Å². The van der Waals surface area contributed by atoms with Crippen LogP contribution in [0.1, 0.15) is 23.6 Å². The molecule has 3 N–H and O–H groups in total. The lowest BCUT2D eigenvalue weighted by molar-refractivity contribution is -0.129. The first-order chi connectivity index (χ1) is 15.4. The van der Waals surface area contributed by atoms with E-state index in [0.717, 1.165) is 11.1 Å². The normalized spacial score (nSPS) is 14.3. The van der Waals surface area contributed by atoms with Gasteiger partial charge >= 0.3 is 0 Å². The molecule has 3 atom stereocenters. The summed E-state index contributed by atoms with van der Waals surface area (Å²) in [6.07, 6.45) is 0.765. The van der Waals surface area contributed by atoms with Gasteiger partial charge in [0.25, 0.3) is 0 Å². The number of hydrogen-bond acceptors (Lipinski definition) is 5. The zero-order valence-corrected chi connectivity index (χ0v) is 18.3. The Morgan fingerprint density at radius 1 is 0.875 bits per heavy atom. The second-order valence-electron chi connectivity index (χ2n) is 7.57. The van der Waals surface area contributed by atoms with Crippen molar-refractivity contribution in [2.75, 3.05) is 0 Å². The van der Waals surface area contributed by atoms with Gasteiger partial charge in [0.2, 0.25) is 10.0 Å². The molecule has 0 saturated heterocycles. The van der Waals surface area contributed by atoms with Crippen molar-refractivity contribution in [1.29, 1.82) is 0 Å². The fourth-order valence-corrected chi connectivity index (χ4v) is 4.74. The number of hydrogen-bond donors (Lipinski definition) is 2. The minimum absolute atomic E-state index is 0.0505. The predicted octanol–water partition coefficient (Wildman–Crippen LogP) is 3.05. The maximum Gasteiger partial charge on any atom is 0.241 e. The first-order valence-corrected chi connectivity index (χ1v) is 11.8. The fourth-order valence-electron chi connectivity index (χ4n) is 3.51. The Kier molecular flexibility index (Phi) is 8.05. The van der Waals surface area contributed by atoms with Crippen molar-refractivity contribution >= 4 is 22.1 Å². The summed E-state index contributed by atoms with van der Waals surface area (Å²) in [5.41, 5.74) is 7.81. The number of nitrogens with one attached hydrogen (secondary N) is 1. The van der Waals surface area contributed by atoms with Crippen molar-refractivity contribution in [1.82, 2.24) is 4.72 Å². The van der Waals surface area contributed by atoms with Gasteiger partial charge in [0.05, 0.1) is 16.9 Å². The highest BCUT2D eigenvalue weighted by atomic mass is 32.2. The molecule has 0 aliphatic rings. The van der Waals surface area contributed by atoms with E-state index in [9.17, 15) is 18.0 Å². The predicted molar refractivity (Wildman–Crippen MR) is 123 cm³/mol. The molecule has 0 amide bonds. The lowest BCUT2D eigenvalue weighted by atomic mass is 9.88. The van der Waals surface area contributed by atoms with Gasteiger partial charge in [-0.2, -0.15) is 0 Å². The minimum Gasteiger partial charge on any atom is -0.324 e. The molecule has 0 fully saturated rings. The first kappa shape index (κ1) is 23.5. The largest absolute Gasteiger partial charge is 0.324 e. The highest BCUT2D eigenvalue weighted by molar-refractivity contribution is 7.89. The average Bonchev–Trinajstić information content (AvgIpc) is 2.83. The number of benzene rings is 3. The van der Waals surface area contributed by atoms with E-state index in [4.69, 9.17) is 5.73 Å². The van der Waals surface area contributed by atoms with Crippen LogP contribution in [-0.4, -0.2) is 26.5 Å². The average molecular weight is 451 g/mol. The molecule has 0 aliphatic heterocycles. The molecule has 0 aromatic heterocycles. The van der Waals surface area contributed by atoms with Crippen LogP contribution in [0.4, 0.5) is 0 Å². The van der Waals surface area contributed by atoms with Crippen LogP contribution in [0.2, 0.25) is 0 Å². The van der Waals surface area contributed by atoms with Crippen LogP contribution in [0.25, 0.3) is 0 Å². The van der Waals surface area contributed by atoms with Crippen molar-refractivity contribution in [3.05, 3.63) is 102 Å². The Labute approximate surface area is 188 Å². The summed E-state index contributed by atoms with van der Waals surface area (Å²) < 4.78 is 28.3. The van der Waals surface area contributed by atoms with E-state index in [1.807, 2.05) is 60.7 Å². The zero-order valence-electron chi connectivity index (χ0n) is 17.5. The van der Waals surface area contributed by atoms with Crippen LogP contribution in [0.5, 0.6) is 0 Å². The second-order valence-corrected chi connectivity index (χ2v) is 9.29. The molecule has 0 bridgehead atoms. The van der Waals surface area contributed by atoms with E-state index in [1.54, 1.807) is 18.2 Å². The molecule has 32 heavy (non-hydrogen) atoms. The van der Waals surface area contributed by atoms with Crippen LogP contribution in [0.15, 0.2) is 95.9 Å². The van der Waals surface area contributed by atoms with Gasteiger partial charge in [-0.3, -0.25) is 4.79 Å². The summed E-state index contributed by atoms with van der Waals surface area (Å²) in [5.74, 6) is -1.55. The van der Waals surface area contributed by atoms with Crippen molar-refractivity contribution in [2.45, 2.75) is 29.8 Å². The summed E-state index contributed by atoms with van der Waals surface area (Å²) in [5, 5.41) is 0. The lowest BCUT2D eigenvalue weighted by Gasteiger charge is -2.23. The number of carbonyl (C=O) groups excluding carboxylic acids is 2. The van der Waals surface area contributed by atoms with Gasteiger partial charge in [0.15, 0.2) is 5.78 Å². The van der Waals surface area contributed by atoms with E-state index >= 15 is 0 Å². The Morgan fingerprint density at radius 2 is 1.41 bits per heavy atom. The molecule has 6 nitrogen and oxygen atoms in total. The van der Waals surface area contributed by atoms with E-state index in [1.165, 1.54) is 12.1 Å². The second kappa shape index (κ2) is 10.9. The van der Waals surface area contributed by atoms with Crippen LogP contribution in [0.3, 0.4) is 0 Å². The van der Waals surface area contributed by atoms with E-state index in [0.29, 0.717) is 6.29 Å². The molecule has 0 saturated carbocycles.